The van der Waals surface area contributed by atoms with Crippen LogP contribution in [-0.4, -0.2) is 49.9 Å². The van der Waals surface area contributed by atoms with Crippen LogP contribution in [-0.2, 0) is 4.84 Å². The predicted molar refractivity (Wildman–Crippen MR) is 48.4 cm³/mol. The first-order valence-corrected chi connectivity index (χ1v) is 4.54. The fourth-order valence-electron chi connectivity index (χ4n) is 1.21. The van der Waals surface area contributed by atoms with E-state index in [1.165, 1.54) is 6.42 Å². The van der Waals surface area contributed by atoms with Crippen molar-refractivity contribution in [3.8, 4) is 0 Å². The highest BCUT2D eigenvalue weighted by molar-refractivity contribution is 4.63. The smallest absolute Gasteiger partial charge is 0.207 e. The van der Waals surface area contributed by atoms with Gasteiger partial charge in [0, 0.05) is 6.54 Å². The summed E-state index contributed by atoms with van der Waals surface area (Å²) in [6.07, 6.45) is 1.39. The third kappa shape index (κ3) is 3.49. The van der Waals surface area contributed by atoms with E-state index in [2.05, 4.69) is 36.3 Å². The lowest BCUT2D eigenvalue weighted by molar-refractivity contribution is 0.176. The molecule has 0 radical (unpaired) electrons. The van der Waals surface area contributed by atoms with Crippen LogP contribution >= 0.6 is 0 Å². The van der Waals surface area contributed by atoms with Crippen molar-refractivity contribution in [1.29, 1.82) is 0 Å². The molecular formula is C8H19N3O. The highest BCUT2D eigenvalue weighted by Crippen LogP contribution is 2.07. The van der Waals surface area contributed by atoms with E-state index in [0.29, 0.717) is 0 Å². The summed E-state index contributed by atoms with van der Waals surface area (Å²) in [5, 5.41) is 0. The monoisotopic (exact) mass is 173 g/mol. The topological polar surface area (TPSA) is 41.0 Å². The minimum Gasteiger partial charge on any atom is -0.309 e. The zero-order valence-corrected chi connectivity index (χ0v) is 8.21. The fourth-order valence-corrected chi connectivity index (χ4v) is 1.21. The molecule has 1 atom stereocenters. The van der Waals surface area contributed by atoms with Crippen molar-refractivity contribution in [2.75, 3.05) is 33.7 Å². The predicted octanol–water partition coefficient (Wildman–Crippen LogP) is 0.0784. The number of rotatable bonds is 6. The van der Waals surface area contributed by atoms with Crippen molar-refractivity contribution in [3.05, 3.63) is 0 Å². The molecule has 1 rings (SSSR count). The van der Waals surface area contributed by atoms with E-state index in [-0.39, 0.29) is 6.35 Å². The van der Waals surface area contributed by atoms with E-state index in [0.717, 1.165) is 19.6 Å². The zero-order chi connectivity index (χ0) is 8.97. The summed E-state index contributed by atoms with van der Waals surface area (Å²) in [6, 6.07) is 0. The zero-order valence-electron chi connectivity index (χ0n) is 8.21. The van der Waals surface area contributed by atoms with Gasteiger partial charge in [-0.15, -0.1) is 0 Å². The summed E-state index contributed by atoms with van der Waals surface area (Å²) in [5.41, 5.74) is 2.84. The number of nitrogens with one attached hydrogen (secondary N) is 1. The van der Waals surface area contributed by atoms with Crippen molar-refractivity contribution in [1.82, 2.24) is 15.3 Å². The molecule has 4 heteroatoms. The van der Waals surface area contributed by atoms with Gasteiger partial charge in [0.15, 0.2) is 0 Å². The van der Waals surface area contributed by atoms with Crippen LogP contribution in [0, 0.1) is 0 Å². The van der Waals surface area contributed by atoms with Crippen LogP contribution in [0.15, 0.2) is 0 Å². The van der Waals surface area contributed by atoms with Gasteiger partial charge in [0.25, 0.3) is 0 Å². The molecular weight excluding hydrogens is 154 g/mol. The molecule has 0 spiro atoms. The second kappa shape index (κ2) is 4.77. The SMILES string of the molecule is CCN(CCCN(C)C)C1NO1. The Bertz CT molecular complexity index is 125. The van der Waals surface area contributed by atoms with E-state index in [4.69, 9.17) is 4.84 Å². The minimum absolute atomic E-state index is 0.192. The van der Waals surface area contributed by atoms with E-state index >= 15 is 0 Å². The molecule has 1 N–H and O–H groups in total. The van der Waals surface area contributed by atoms with E-state index in [1.54, 1.807) is 0 Å². The average Bonchev–Trinajstić information content (AvgIpc) is 2.80. The second-order valence-corrected chi connectivity index (χ2v) is 3.37. The first kappa shape index (κ1) is 9.92. The molecule has 0 aromatic carbocycles. The molecule has 0 saturated carbocycles. The largest absolute Gasteiger partial charge is 0.309 e. The summed E-state index contributed by atoms with van der Waals surface area (Å²) in [4.78, 5) is 9.47. The Morgan fingerprint density at radius 2 is 2.00 bits per heavy atom. The standard InChI is InChI=1S/C8H19N3O/c1-4-11(8-9-12-8)7-5-6-10(2)3/h8-9H,4-7H2,1-3H3. The lowest BCUT2D eigenvalue weighted by Crippen LogP contribution is -2.31. The lowest BCUT2D eigenvalue weighted by atomic mass is 10.3. The normalized spacial score (nSPS) is 22.2. The highest BCUT2D eigenvalue weighted by atomic mass is 16.8. The maximum Gasteiger partial charge on any atom is 0.207 e. The summed E-state index contributed by atoms with van der Waals surface area (Å²) in [5.74, 6) is 0. The van der Waals surface area contributed by atoms with Gasteiger partial charge >= 0.3 is 0 Å². The van der Waals surface area contributed by atoms with Crippen LogP contribution in [0.4, 0.5) is 0 Å². The van der Waals surface area contributed by atoms with Crippen LogP contribution in [0.25, 0.3) is 0 Å². The molecule has 1 heterocycles. The van der Waals surface area contributed by atoms with Crippen molar-refractivity contribution < 1.29 is 4.84 Å². The minimum atomic E-state index is 0.192. The molecule has 1 saturated heterocycles. The molecule has 72 valence electrons. The van der Waals surface area contributed by atoms with E-state index in [9.17, 15) is 0 Å². The number of nitrogens with zero attached hydrogens (tertiary/aromatic N) is 2. The average molecular weight is 173 g/mol. The first-order valence-electron chi connectivity index (χ1n) is 4.54. The quantitative estimate of drug-likeness (QED) is 0.577. The van der Waals surface area contributed by atoms with Crippen LogP contribution in [0.1, 0.15) is 13.3 Å². The molecule has 1 aliphatic rings. The Kier molecular flexibility index (Phi) is 3.94. The van der Waals surface area contributed by atoms with Crippen LogP contribution in [0.3, 0.4) is 0 Å². The van der Waals surface area contributed by atoms with Crippen molar-refractivity contribution >= 4 is 0 Å². The second-order valence-electron chi connectivity index (χ2n) is 3.37. The summed E-state index contributed by atoms with van der Waals surface area (Å²) >= 11 is 0. The van der Waals surface area contributed by atoms with Gasteiger partial charge < -0.3 is 4.90 Å². The Morgan fingerprint density at radius 1 is 1.33 bits per heavy atom. The van der Waals surface area contributed by atoms with Gasteiger partial charge in [0.05, 0.1) is 0 Å². The highest BCUT2D eigenvalue weighted by Gasteiger charge is 2.28. The number of hydrogen-bond donors (Lipinski definition) is 1. The Balaban J connectivity index is 2.02. The van der Waals surface area contributed by atoms with Crippen LogP contribution < -0.4 is 5.48 Å². The molecule has 0 amide bonds. The summed E-state index contributed by atoms with van der Waals surface area (Å²) in [7, 11) is 4.20. The van der Waals surface area contributed by atoms with Gasteiger partial charge in [-0.1, -0.05) is 6.92 Å². The molecule has 4 nitrogen and oxygen atoms in total. The van der Waals surface area contributed by atoms with Gasteiger partial charge in [-0.25, -0.2) is 0 Å². The van der Waals surface area contributed by atoms with E-state index < -0.39 is 0 Å². The maximum absolute atomic E-state index is 4.98. The van der Waals surface area contributed by atoms with Crippen molar-refractivity contribution in [2.45, 2.75) is 19.7 Å². The van der Waals surface area contributed by atoms with Crippen molar-refractivity contribution in [2.24, 2.45) is 0 Å². The Labute approximate surface area is 74.4 Å². The molecule has 0 aliphatic carbocycles. The Hall–Kier alpha value is -0.160. The number of hydrogen-bond acceptors (Lipinski definition) is 4. The summed E-state index contributed by atoms with van der Waals surface area (Å²) < 4.78 is 0. The molecule has 1 fully saturated rings. The van der Waals surface area contributed by atoms with Gasteiger partial charge in [0.2, 0.25) is 6.35 Å². The van der Waals surface area contributed by atoms with E-state index in [1.807, 2.05) is 0 Å². The van der Waals surface area contributed by atoms with Gasteiger partial charge in [-0.05, 0) is 33.6 Å². The lowest BCUT2D eigenvalue weighted by Gasteiger charge is -2.17. The molecule has 1 unspecified atom stereocenters. The third-order valence-corrected chi connectivity index (χ3v) is 2.01. The van der Waals surface area contributed by atoms with Gasteiger partial charge in [0.1, 0.15) is 0 Å². The molecule has 12 heavy (non-hydrogen) atoms. The number of hydroxylamine groups is 1. The fraction of sp³-hybridized carbons (Fsp3) is 1.00. The van der Waals surface area contributed by atoms with Gasteiger partial charge in [-0.3, -0.25) is 9.74 Å². The molecule has 0 bridgehead atoms. The van der Waals surface area contributed by atoms with Crippen LogP contribution in [0.5, 0.6) is 0 Å². The molecule has 0 aromatic rings. The first-order chi connectivity index (χ1) is 5.74. The van der Waals surface area contributed by atoms with Crippen molar-refractivity contribution in [3.63, 3.8) is 0 Å². The molecule has 0 aromatic heterocycles. The summed E-state index contributed by atoms with van der Waals surface area (Å²) in [6.45, 7) is 5.44. The Morgan fingerprint density at radius 3 is 2.42 bits per heavy atom. The molecule has 1 aliphatic heterocycles. The third-order valence-electron chi connectivity index (χ3n) is 2.01. The van der Waals surface area contributed by atoms with Gasteiger partial charge in [-0.2, -0.15) is 5.48 Å². The van der Waals surface area contributed by atoms with Crippen LogP contribution in [0.2, 0.25) is 0 Å². The maximum atomic E-state index is 4.98.